The van der Waals surface area contributed by atoms with Crippen molar-refractivity contribution in [2.45, 2.75) is 27.2 Å². The standard InChI is InChI=1S/C14H19NO3/c1-14(2,3)7-8-15-12(16)10-5-4-6-11(9-10)13(17)18/h4-6,9H,7-8H2,1-3H3,(H,15,16)(H,17,18). The SMILES string of the molecule is CC(C)(C)CCNC(=O)c1cccc(C(=O)O)c1. The lowest BCUT2D eigenvalue weighted by molar-refractivity contribution is 0.0697. The number of carbonyl (C=O) groups excluding carboxylic acids is 1. The summed E-state index contributed by atoms with van der Waals surface area (Å²) < 4.78 is 0. The zero-order valence-corrected chi connectivity index (χ0v) is 11.0. The highest BCUT2D eigenvalue weighted by Crippen LogP contribution is 2.17. The molecule has 0 fully saturated rings. The van der Waals surface area contributed by atoms with Gasteiger partial charge in [-0.2, -0.15) is 0 Å². The van der Waals surface area contributed by atoms with Crippen molar-refractivity contribution in [3.05, 3.63) is 35.4 Å². The highest BCUT2D eigenvalue weighted by atomic mass is 16.4. The molecule has 0 aliphatic rings. The van der Waals surface area contributed by atoms with Gasteiger partial charge in [-0.3, -0.25) is 4.79 Å². The molecule has 0 bridgehead atoms. The largest absolute Gasteiger partial charge is 0.478 e. The first-order chi connectivity index (χ1) is 8.29. The second-order valence-electron chi connectivity index (χ2n) is 5.45. The molecular weight excluding hydrogens is 230 g/mol. The van der Waals surface area contributed by atoms with Crippen molar-refractivity contribution in [1.82, 2.24) is 5.32 Å². The number of carboxylic acids is 1. The van der Waals surface area contributed by atoms with Crippen LogP contribution in [0.25, 0.3) is 0 Å². The lowest BCUT2D eigenvalue weighted by Crippen LogP contribution is -2.27. The number of hydrogen-bond acceptors (Lipinski definition) is 2. The summed E-state index contributed by atoms with van der Waals surface area (Å²) in [4.78, 5) is 22.6. The van der Waals surface area contributed by atoms with E-state index in [2.05, 4.69) is 26.1 Å². The molecule has 4 heteroatoms. The molecule has 0 atom stereocenters. The van der Waals surface area contributed by atoms with Crippen molar-refractivity contribution in [3.8, 4) is 0 Å². The Morgan fingerprint density at radius 1 is 1.22 bits per heavy atom. The quantitative estimate of drug-likeness (QED) is 0.861. The normalized spacial score (nSPS) is 11.1. The molecular formula is C14H19NO3. The monoisotopic (exact) mass is 249 g/mol. The van der Waals surface area contributed by atoms with Crippen molar-refractivity contribution >= 4 is 11.9 Å². The van der Waals surface area contributed by atoms with Gasteiger partial charge in [0.1, 0.15) is 0 Å². The van der Waals surface area contributed by atoms with Crippen LogP contribution in [0, 0.1) is 5.41 Å². The molecule has 1 rings (SSSR count). The minimum absolute atomic E-state index is 0.124. The molecule has 0 aromatic heterocycles. The van der Waals surface area contributed by atoms with Crippen LogP contribution in [-0.4, -0.2) is 23.5 Å². The Hall–Kier alpha value is -1.84. The van der Waals surface area contributed by atoms with E-state index in [1.165, 1.54) is 12.1 Å². The first-order valence-electron chi connectivity index (χ1n) is 5.91. The van der Waals surface area contributed by atoms with Gasteiger partial charge in [0.15, 0.2) is 0 Å². The van der Waals surface area contributed by atoms with E-state index in [1.54, 1.807) is 12.1 Å². The van der Waals surface area contributed by atoms with Crippen LogP contribution in [0.1, 0.15) is 47.9 Å². The molecule has 1 aromatic rings. The van der Waals surface area contributed by atoms with Gasteiger partial charge in [-0.25, -0.2) is 4.79 Å². The molecule has 98 valence electrons. The van der Waals surface area contributed by atoms with Crippen LogP contribution in [0.4, 0.5) is 0 Å². The Morgan fingerprint density at radius 3 is 2.39 bits per heavy atom. The predicted octanol–water partition coefficient (Wildman–Crippen LogP) is 2.55. The van der Waals surface area contributed by atoms with Crippen LogP contribution in [-0.2, 0) is 0 Å². The maximum absolute atomic E-state index is 11.8. The first kappa shape index (κ1) is 14.2. The summed E-state index contributed by atoms with van der Waals surface area (Å²) in [5.74, 6) is -1.26. The summed E-state index contributed by atoms with van der Waals surface area (Å²) in [6, 6.07) is 6.03. The van der Waals surface area contributed by atoms with Gasteiger partial charge in [-0.15, -0.1) is 0 Å². The van der Waals surface area contributed by atoms with Gasteiger partial charge in [0.2, 0.25) is 0 Å². The number of aromatic carboxylic acids is 1. The van der Waals surface area contributed by atoms with Crippen molar-refractivity contribution in [1.29, 1.82) is 0 Å². The van der Waals surface area contributed by atoms with E-state index >= 15 is 0 Å². The zero-order valence-electron chi connectivity index (χ0n) is 11.0. The fraction of sp³-hybridized carbons (Fsp3) is 0.429. The maximum atomic E-state index is 11.8. The molecule has 0 spiro atoms. The molecule has 1 aromatic carbocycles. The Kier molecular flexibility index (Phi) is 4.48. The summed E-state index contributed by atoms with van der Waals surface area (Å²) in [6.45, 7) is 6.89. The Labute approximate surface area is 107 Å². The van der Waals surface area contributed by atoms with Gasteiger partial charge in [0.05, 0.1) is 5.56 Å². The van der Waals surface area contributed by atoms with Crippen LogP contribution >= 0.6 is 0 Å². The summed E-state index contributed by atoms with van der Waals surface area (Å²) >= 11 is 0. The third kappa shape index (κ3) is 4.57. The predicted molar refractivity (Wildman–Crippen MR) is 69.8 cm³/mol. The minimum atomic E-state index is -1.03. The van der Waals surface area contributed by atoms with E-state index in [-0.39, 0.29) is 16.9 Å². The van der Waals surface area contributed by atoms with E-state index < -0.39 is 5.97 Å². The summed E-state index contributed by atoms with van der Waals surface area (Å²) in [6.07, 6.45) is 0.872. The lowest BCUT2D eigenvalue weighted by Gasteiger charge is -2.18. The van der Waals surface area contributed by atoms with E-state index in [9.17, 15) is 9.59 Å². The molecule has 0 unspecified atom stereocenters. The van der Waals surface area contributed by atoms with Crippen LogP contribution in [0.15, 0.2) is 24.3 Å². The highest BCUT2D eigenvalue weighted by Gasteiger charge is 2.12. The molecule has 2 N–H and O–H groups in total. The topological polar surface area (TPSA) is 66.4 Å². The average Bonchev–Trinajstić information content (AvgIpc) is 2.27. The molecule has 0 saturated heterocycles. The summed E-state index contributed by atoms with van der Waals surface area (Å²) in [7, 11) is 0. The van der Waals surface area contributed by atoms with Crippen molar-refractivity contribution < 1.29 is 14.7 Å². The van der Waals surface area contributed by atoms with Crippen LogP contribution in [0.2, 0.25) is 0 Å². The number of nitrogens with one attached hydrogen (secondary N) is 1. The van der Waals surface area contributed by atoms with Gasteiger partial charge < -0.3 is 10.4 Å². The van der Waals surface area contributed by atoms with E-state index in [4.69, 9.17) is 5.11 Å². The van der Waals surface area contributed by atoms with Gasteiger partial charge in [-0.1, -0.05) is 26.8 Å². The molecule has 0 aliphatic heterocycles. The van der Waals surface area contributed by atoms with Crippen molar-refractivity contribution in [2.24, 2.45) is 5.41 Å². The Balaban J connectivity index is 2.62. The molecule has 0 heterocycles. The number of amides is 1. The van der Waals surface area contributed by atoms with E-state index in [0.717, 1.165) is 6.42 Å². The fourth-order valence-electron chi connectivity index (χ4n) is 1.45. The second-order valence-corrected chi connectivity index (χ2v) is 5.45. The zero-order chi connectivity index (χ0) is 13.8. The third-order valence-corrected chi connectivity index (χ3v) is 2.53. The van der Waals surface area contributed by atoms with Crippen LogP contribution in [0.5, 0.6) is 0 Å². The highest BCUT2D eigenvalue weighted by molar-refractivity contribution is 5.97. The van der Waals surface area contributed by atoms with Crippen molar-refractivity contribution in [3.63, 3.8) is 0 Å². The number of carbonyl (C=O) groups is 2. The fourth-order valence-corrected chi connectivity index (χ4v) is 1.45. The molecule has 18 heavy (non-hydrogen) atoms. The number of rotatable bonds is 4. The smallest absolute Gasteiger partial charge is 0.335 e. The van der Waals surface area contributed by atoms with E-state index in [1.807, 2.05) is 0 Å². The van der Waals surface area contributed by atoms with Crippen molar-refractivity contribution in [2.75, 3.05) is 6.54 Å². The Morgan fingerprint density at radius 2 is 1.83 bits per heavy atom. The van der Waals surface area contributed by atoms with E-state index in [0.29, 0.717) is 12.1 Å². The molecule has 1 amide bonds. The number of benzene rings is 1. The maximum Gasteiger partial charge on any atom is 0.335 e. The molecule has 0 aliphatic carbocycles. The minimum Gasteiger partial charge on any atom is -0.478 e. The molecule has 0 radical (unpaired) electrons. The average molecular weight is 249 g/mol. The summed E-state index contributed by atoms with van der Waals surface area (Å²) in [5.41, 5.74) is 0.665. The second kappa shape index (κ2) is 5.67. The van der Waals surface area contributed by atoms with Gasteiger partial charge >= 0.3 is 5.97 Å². The first-order valence-corrected chi connectivity index (χ1v) is 5.91. The Bertz CT molecular complexity index is 447. The van der Waals surface area contributed by atoms with Crippen LogP contribution < -0.4 is 5.32 Å². The third-order valence-electron chi connectivity index (χ3n) is 2.53. The van der Waals surface area contributed by atoms with Gasteiger partial charge in [-0.05, 0) is 30.0 Å². The van der Waals surface area contributed by atoms with Gasteiger partial charge in [0.25, 0.3) is 5.91 Å². The molecule has 0 saturated carbocycles. The number of carboxylic acid groups (broad SMARTS) is 1. The summed E-state index contributed by atoms with van der Waals surface area (Å²) in [5, 5.41) is 11.6. The molecule has 4 nitrogen and oxygen atoms in total. The van der Waals surface area contributed by atoms with Crippen LogP contribution in [0.3, 0.4) is 0 Å². The lowest BCUT2D eigenvalue weighted by atomic mass is 9.92. The van der Waals surface area contributed by atoms with Gasteiger partial charge in [0, 0.05) is 12.1 Å². The number of hydrogen-bond donors (Lipinski definition) is 2.